The summed E-state index contributed by atoms with van der Waals surface area (Å²) in [6.45, 7) is 9.11. The molecule has 2 fully saturated rings. The minimum atomic E-state index is 0.478. The van der Waals surface area contributed by atoms with E-state index in [0.29, 0.717) is 24.2 Å². The van der Waals surface area contributed by atoms with Gasteiger partial charge in [0, 0.05) is 48.8 Å². The predicted molar refractivity (Wildman–Crippen MR) is 141 cm³/mol. The molecule has 2 aromatic carbocycles. The monoisotopic (exact) mass is 470 g/mol. The van der Waals surface area contributed by atoms with Crippen molar-refractivity contribution >= 4 is 21.6 Å². The van der Waals surface area contributed by atoms with Crippen molar-refractivity contribution < 1.29 is 0 Å². The number of nitrogens with zero attached hydrogens (tertiary/aromatic N) is 4. The predicted octanol–water partition coefficient (Wildman–Crippen LogP) is 5.04. The van der Waals surface area contributed by atoms with Gasteiger partial charge in [0.1, 0.15) is 0 Å². The second kappa shape index (κ2) is 11.4. The van der Waals surface area contributed by atoms with Crippen LogP contribution in [0.25, 0.3) is 0 Å². The molecule has 0 amide bonds. The molecule has 0 N–H and O–H groups in total. The fourth-order valence-electron chi connectivity index (χ4n) is 4.80. The number of benzene rings is 2. The molecule has 0 spiro atoms. The van der Waals surface area contributed by atoms with Crippen molar-refractivity contribution in [2.75, 3.05) is 52.0 Å². The van der Waals surface area contributed by atoms with Crippen molar-refractivity contribution in [3.05, 3.63) is 71.8 Å². The Morgan fingerprint density at radius 2 is 1.06 bits per heavy atom. The van der Waals surface area contributed by atoms with E-state index in [2.05, 4.69) is 130 Å². The van der Waals surface area contributed by atoms with Gasteiger partial charge in [-0.2, -0.15) is 0 Å². The lowest BCUT2D eigenvalue weighted by molar-refractivity contribution is 0.218. The van der Waals surface area contributed by atoms with E-state index >= 15 is 0 Å². The third-order valence-corrected chi connectivity index (χ3v) is 9.74. The molecule has 4 nitrogen and oxygen atoms in total. The first-order valence-electron chi connectivity index (χ1n) is 11.8. The van der Waals surface area contributed by atoms with E-state index in [4.69, 9.17) is 0 Å². The molecular weight excluding hydrogens is 432 g/mol. The van der Waals surface area contributed by atoms with Gasteiger partial charge >= 0.3 is 0 Å². The maximum atomic E-state index is 2.61. The molecule has 6 heteroatoms. The lowest BCUT2D eigenvalue weighted by atomic mass is 10.1. The average Bonchev–Trinajstić information content (AvgIpc) is 3.39. The molecule has 174 valence electrons. The van der Waals surface area contributed by atoms with Crippen LogP contribution in [0.5, 0.6) is 0 Å². The molecule has 2 aromatic rings. The van der Waals surface area contributed by atoms with Gasteiger partial charge < -0.3 is 0 Å². The first kappa shape index (κ1) is 24.1. The van der Waals surface area contributed by atoms with E-state index in [9.17, 15) is 0 Å². The highest BCUT2D eigenvalue weighted by molar-refractivity contribution is 8.76. The van der Waals surface area contributed by atoms with E-state index in [1.807, 2.05) is 0 Å². The van der Waals surface area contributed by atoms with Crippen LogP contribution in [0.2, 0.25) is 0 Å². The standard InChI is InChI=1S/C26H38N4S2/c1-21(23-11-7-5-8-12-23)29-15-25(27(3)19-29)17-31-32-18-26-16-30(20-28(26)4)22(2)24-13-9-6-10-14-24/h5-14,21-22,25-26H,15-20H2,1-4H3/t21-,22-,25-,26-/m1/s1. The van der Waals surface area contributed by atoms with Crippen molar-refractivity contribution in [2.45, 2.75) is 38.0 Å². The van der Waals surface area contributed by atoms with Gasteiger partial charge in [-0.05, 0) is 39.1 Å². The molecule has 4 atom stereocenters. The summed E-state index contributed by atoms with van der Waals surface area (Å²) in [5.74, 6) is 2.39. The zero-order valence-corrected chi connectivity index (χ0v) is 21.6. The molecule has 0 bridgehead atoms. The maximum Gasteiger partial charge on any atom is 0.0513 e. The van der Waals surface area contributed by atoms with E-state index in [-0.39, 0.29) is 0 Å². The van der Waals surface area contributed by atoms with Gasteiger partial charge in [0.05, 0.1) is 13.3 Å². The number of hydrogen-bond donors (Lipinski definition) is 0. The van der Waals surface area contributed by atoms with Crippen LogP contribution in [0.15, 0.2) is 60.7 Å². The van der Waals surface area contributed by atoms with Crippen molar-refractivity contribution in [2.24, 2.45) is 0 Å². The molecule has 32 heavy (non-hydrogen) atoms. The van der Waals surface area contributed by atoms with Crippen LogP contribution in [-0.4, -0.2) is 83.7 Å². The zero-order valence-electron chi connectivity index (χ0n) is 19.9. The molecule has 0 unspecified atom stereocenters. The summed E-state index contributed by atoms with van der Waals surface area (Å²) < 4.78 is 0. The molecular formula is C26H38N4S2. The summed E-state index contributed by atoms with van der Waals surface area (Å²) in [5, 5.41) is 0. The number of likely N-dealkylation sites (N-methyl/N-ethyl adjacent to an activating group) is 2. The summed E-state index contributed by atoms with van der Waals surface area (Å²) in [7, 11) is 8.68. The lowest BCUT2D eigenvalue weighted by Gasteiger charge is -2.24. The van der Waals surface area contributed by atoms with Gasteiger partial charge in [-0.25, -0.2) is 0 Å². The fourth-order valence-corrected chi connectivity index (χ4v) is 7.54. The van der Waals surface area contributed by atoms with Crippen LogP contribution in [0.1, 0.15) is 37.1 Å². The Balaban J connectivity index is 1.19. The molecule has 0 aromatic heterocycles. The highest BCUT2D eigenvalue weighted by atomic mass is 33.1. The first-order chi connectivity index (χ1) is 15.5. The highest BCUT2D eigenvalue weighted by Gasteiger charge is 2.32. The Morgan fingerprint density at radius 3 is 1.44 bits per heavy atom. The van der Waals surface area contributed by atoms with E-state index in [1.165, 1.54) is 22.6 Å². The van der Waals surface area contributed by atoms with Crippen molar-refractivity contribution in [1.29, 1.82) is 0 Å². The Labute approximate surface area is 202 Å². The second-order valence-corrected chi connectivity index (χ2v) is 11.9. The quantitative estimate of drug-likeness (QED) is 0.374. The Morgan fingerprint density at radius 1 is 0.688 bits per heavy atom. The smallest absolute Gasteiger partial charge is 0.0513 e. The van der Waals surface area contributed by atoms with Crippen LogP contribution < -0.4 is 0 Å². The first-order valence-corrected chi connectivity index (χ1v) is 14.2. The van der Waals surface area contributed by atoms with E-state index < -0.39 is 0 Å². The molecule has 2 saturated heterocycles. The minimum Gasteiger partial charge on any atom is -0.288 e. The van der Waals surface area contributed by atoms with Gasteiger partial charge in [0.2, 0.25) is 0 Å². The van der Waals surface area contributed by atoms with Crippen molar-refractivity contribution in [3.63, 3.8) is 0 Å². The summed E-state index contributed by atoms with van der Waals surface area (Å²) in [4.78, 5) is 10.3. The van der Waals surface area contributed by atoms with Gasteiger partial charge in [0.15, 0.2) is 0 Å². The Bertz CT molecular complexity index is 752. The average molecular weight is 471 g/mol. The number of hydrogen-bond acceptors (Lipinski definition) is 6. The minimum absolute atomic E-state index is 0.478. The van der Waals surface area contributed by atoms with Gasteiger partial charge in [0.25, 0.3) is 0 Å². The Kier molecular flexibility index (Phi) is 8.60. The third-order valence-electron chi connectivity index (χ3n) is 7.21. The van der Waals surface area contributed by atoms with Gasteiger partial charge in [-0.15, -0.1) is 0 Å². The summed E-state index contributed by atoms with van der Waals surface area (Å²) in [5.41, 5.74) is 2.84. The SMILES string of the molecule is C[C@H](c1ccccc1)N1C[C@H](CSSC[C@H]2CN([C@H](C)c3ccccc3)CN2C)N(C)C1. The van der Waals surface area contributed by atoms with Crippen molar-refractivity contribution in [3.8, 4) is 0 Å². The van der Waals surface area contributed by atoms with Crippen molar-refractivity contribution in [1.82, 2.24) is 19.6 Å². The molecule has 0 saturated carbocycles. The largest absolute Gasteiger partial charge is 0.288 e. The van der Waals surface area contributed by atoms with Crippen LogP contribution in [-0.2, 0) is 0 Å². The molecule has 0 aliphatic carbocycles. The van der Waals surface area contributed by atoms with Crippen LogP contribution in [0.3, 0.4) is 0 Å². The molecule has 2 aliphatic heterocycles. The number of rotatable bonds is 9. The molecule has 4 rings (SSSR count). The van der Waals surface area contributed by atoms with Gasteiger partial charge in [-0.3, -0.25) is 19.6 Å². The summed E-state index contributed by atoms with van der Waals surface area (Å²) in [6.07, 6.45) is 0. The van der Waals surface area contributed by atoms with Crippen LogP contribution in [0, 0.1) is 0 Å². The lowest BCUT2D eigenvalue weighted by Crippen LogP contribution is -2.30. The van der Waals surface area contributed by atoms with Gasteiger partial charge in [-0.1, -0.05) is 82.3 Å². The summed E-state index contributed by atoms with van der Waals surface area (Å²) in [6, 6.07) is 24.0. The molecule has 2 heterocycles. The molecule has 0 radical (unpaired) electrons. The van der Waals surface area contributed by atoms with E-state index in [0.717, 1.165) is 26.4 Å². The molecule has 2 aliphatic rings. The zero-order chi connectivity index (χ0) is 22.5. The van der Waals surface area contributed by atoms with Crippen LogP contribution >= 0.6 is 21.6 Å². The van der Waals surface area contributed by atoms with Crippen LogP contribution in [0.4, 0.5) is 0 Å². The maximum absolute atomic E-state index is 2.61. The topological polar surface area (TPSA) is 13.0 Å². The fraction of sp³-hybridized carbons (Fsp3) is 0.538. The summed E-state index contributed by atoms with van der Waals surface area (Å²) >= 11 is 0. The highest BCUT2D eigenvalue weighted by Crippen LogP contribution is 2.32. The second-order valence-electron chi connectivity index (χ2n) is 9.39. The Hall–Kier alpha value is -1.02. The van der Waals surface area contributed by atoms with E-state index in [1.54, 1.807) is 0 Å². The normalized spacial score (nSPS) is 25.4. The third kappa shape index (κ3) is 5.91.